The van der Waals surface area contributed by atoms with Crippen molar-refractivity contribution in [3.63, 3.8) is 0 Å². The number of likely N-dealkylation sites (N-methyl/N-ethyl adjacent to an activating group) is 1. The number of nitrogens with one attached hydrogen (secondary N) is 1. The Morgan fingerprint density at radius 2 is 2.00 bits per heavy atom. The molecule has 1 atom stereocenters. The monoisotopic (exact) mass is 233 g/mol. The number of fused-ring (bicyclic) bond motifs is 1. The molecule has 1 aliphatic heterocycles. The number of nitrogens with two attached hydrogens (primary N) is 1. The fourth-order valence-electron chi connectivity index (χ4n) is 1.82. The van der Waals surface area contributed by atoms with Crippen LogP contribution in [0.5, 0.6) is 0 Å². The van der Waals surface area contributed by atoms with Gasteiger partial charge in [-0.2, -0.15) is 0 Å². The van der Waals surface area contributed by atoms with Crippen LogP contribution in [0.1, 0.15) is 11.6 Å². The van der Waals surface area contributed by atoms with E-state index in [2.05, 4.69) is 5.32 Å². The minimum atomic E-state index is -1.11. The standard InChI is InChI=1S/C11H11N3O3/c1-14-7-5-3-2-4-6(7)8(11(14)17)13-10(16)9(12)15/h2-5,8H,1H3,(H2,12,15)(H,13,16)/t8-/m1/s1. The van der Waals surface area contributed by atoms with Crippen LogP contribution in [0.4, 0.5) is 5.69 Å². The Morgan fingerprint density at radius 3 is 2.65 bits per heavy atom. The van der Waals surface area contributed by atoms with Crippen molar-refractivity contribution < 1.29 is 14.4 Å². The van der Waals surface area contributed by atoms with Gasteiger partial charge in [0, 0.05) is 18.3 Å². The Labute approximate surface area is 97.4 Å². The predicted octanol–water partition coefficient (Wildman–Crippen LogP) is -0.694. The molecule has 0 aromatic heterocycles. The Bertz CT molecular complexity index is 512. The molecule has 17 heavy (non-hydrogen) atoms. The van der Waals surface area contributed by atoms with Crippen molar-refractivity contribution in [1.82, 2.24) is 5.32 Å². The smallest absolute Gasteiger partial charge is 0.309 e. The van der Waals surface area contributed by atoms with E-state index >= 15 is 0 Å². The van der Waals surface area contributed by atoms with Gasteiger partial charge in [-0.1, -0.05) is 18.2 Å². The molecule has 1 aliphatic rings. The first-order valence-corrected chi connectivity index (χ1v) is 4.99. The summed E-state index contributed by atoms with van der Waals surface area (Å²) in [6, 6.07) is 6.21. The van der Waals surface area contributed by atoms with Crippen LogP contribution < -0.4 is 16.0 Å². The summed E-state index contributed by atoms with van der Waals surface area (Å²) in [5.74, 6) is -2.36. The highest BCUT2D eigenvalue weighted by Gasteiger charge is 2.36. The van der Waals surface area contributed by atoms with E-state index in [4.69, 9.17) is 5.73 Å². The molecular weight excluding hydrogens is 222 g/mol. The summed E-state index contributed by atoms with van der Waals surface area (Å²) < 4.78 is 0. The lowest BCUT2D eigenvalue weighted by atomic mass is 10.1. The Kier molecular flexibility index (Phi) is 2.55. The third-order valence-electron chi connectivity index (χ3n) is 2.69. The first-order chi connectivity index (χ1) is 8.02. The SMILES string of the molecule is CN1C(=O)[C@H](NC(=O)C(N)=O)c2ccccc21. The summed E-state index contributed by atoms with van der Waals surface area (Å²) in [5, 5.41) is 2.31. The molecular formula is C11H11N3O3. The zero-order chi connectivity index (χ0) is 12.6. The molecule has 1 aromatic carbocycles. The van der Waals surface area contributed by atoms with Gasteiger partial charge >= 0.3 is 11.8 Å². The molecule has 1 aromatic rings. The molecule has 0 saturated carbocycles. The number of anilines is 1. The van der Waals surface area contributed by atoms with Crippen molar-refractivity contribution in [2.24, 2.45) is 5.73 Å². The Morgan fingerprint density at radius 1 is 1.35 bits per heavy atom. The maximum Gasteiger partial charge on any atom is 0.309 e. The van der Waals surface area contributed by atoms with Gasteiger partial charge in [0.25, 0.3) is 5.91 Å². The van der Waals surface area contributed by atoms with E-state index < -0.39 is 17.9 Å². The molecule has 2 rings (SSSR count). The van der Waals surface area contributed by atoms with E-state index in [-0.39, 0.29) is 5.91 Å². The van der Waals surface area contributed by atoms with Crippen molar-refractivity contribution in [3.8, 4) is 0 Å². The molecule has 0 saturated heterocycles. The minimum Gasteiger partial charge on any atom is -0.361 e. The van der Waals surface area contributed by atoms with Gasteiger partial charge in [-0.15, -0.1) is 0 Å². The number of amides is 3. The molecule has 0 radical (unpaired) electrons. The lowest BCUT2D eigenvalue weighted by Gasteiger charge is -2.11. The van der Waals surface area contributed by atoms with Crippen LogP contribution in [0, 0.1) is 0 Å². The summed E-state index contributed by atoms with van der Waals surface area (Å²) >= 11 is 0. The zero-order valence-electron chi connectivity index (χ0n) is 9.14. The summed E-state index contributed by atoms with van der Waals surface area (Å²) in [6.45, 7) is 0. The highest BCUT2D eigenvalue weighted by molar-refractivity contribution is 6.35. The van der Waals surface area contributed by atoms with Gasteiger partial charge in [0.1, 0.15) is 6.04 Å². The number of carbonyl (C=O) groups is 3. The van der Waals surface area contributed by atoms with Crippen molar-refractivity contribution in [2.45, 2.75) is 6.04 Å². The lowest BCUT2D eigenvalue weighted by molar-refractivity contribution is -0.138. The van der Waals surface area contributed by atoms with Gasteiger partial charge in [0.15, 0.2) is 0 Å². The van der Waals surface area contributed by atoms with Gasteiger partial charge in [-0.3, -0.25) is 14.4 Å². The van der Waals surface area contributed by atoms with Crippen LogP contribution in [-0.2, 0) is 14.4 Å². The van der Waals surface area contributed by atoms with Gasteiger partial charge < -0.3 is 16.0 Å². The topological polar surface area (TPSA) is 92.5 Å². The number of hydrogen-bond donors (Lipinski definition) is 2. The molecule has 0 aliphatic carbocycles. The first kappa shape index (κ1) is 11.1. The molecule has 0 fully saturated rings. The number of para-hydroxylation sites is 1. The maximum atomic E-state index is 11.9. The van der Waals surface area contributed by atoms with Crippen molar-refractivity contribution in [2.75, 3.05) is 11.9 Å². The second-order valence-electron chi connectivity index (χ2n) is 3.73. The fourth-order valence-corrected chi connectivity index (χ4v) is 1.82. The fraction of sp³-hybridized carbons (Fsp3) is 0.182. The second kappa shape index (κ2) is 3.89. The Hall–Kier alpha value is -2.37. The van der Waals surface area contributed by atoms with E-state index in [9.17, 15) is 14.4 Å². The van der Waals surface area contributed by atoms with Crippen LogP contribution in [0.2, 0.25) is 0 Å². The number of hydrogen-bond acceptors (Lipinski definition) is 3. The first-order valence-electron chi connectivity index (χ1n) is 4.99. The highest BCUT2D eigenvalue weighted by Crippen LogP contribution is 2.34. The molecule has 6 heteroatoms. The molecule has 3 N–H and O–H groups in total. The van der Waals surface area contributed by atoms with Gasteiger partial charge in [-0.25, -0.2) is 0 Å². The zero-order valence-corrected chi connectivity index (χ0v) is 9.14. The number of primary amides is 1. The molecule has 0 unspecified atom stereocenters. The van der Waals surface area contributed by atoms with Gasteiger partial charge in [0.05, 0.1) is 0 Å². The van der Waals surface area contributed by atoms with Gasteiger partial charge in [0.2, 0.25) is 0 Å². The predicted molar refractivity (Wildman–Crippen MR) is 59.9 cm³/mol. The Balaban J connectivity index is 2.33. The van der Waals surface area contributed by atoms with Crippen LogP contribution >= 0.6 is 0 Å². The van der Waals surface area contributed by atoms with E-state index in [1.807, 2.05) is 0 Å². The number of rotatable bonds is 1. The molecule has 6 nitrogen and oxygen atoms in total. The summed E-state index contributed by atoms with van der Waals surface area (Å²) in [7, 11) is 1.61. The highest BCUT2D eigenvalue weighted by atomic mass is 16.2. The summed E-state index contributed by atoms with van der Waals surface area (Å²) in [5.41, 5.74) is 6.22. The lowest BCUT2D eigenvalue weighted by Crippen LogP contribution is -2.41. The molecule has 1 heterocycles. The normalized spacial score (nSPS) is 17.8. The minimum absolute atomic E-state index is 0.291. The molecule has 88 valence electrons. The van der Waals surface area contributed by atoms with Crippen LogP contribution in [0.25, 0.3) is 0 Å². The molecule has 0 bridgehead atoms. The van der Waals surface area contributed by atoms with Crippen molar-refractivity contribution in [1.29, 1.82) is 0 Å². The number of carbonyl (C=O) groups excluding carboxylic acids is 3. The van der Waals surface area contributed by atoms with Gasteiger partial charge in [-0.05, 0) is 6.07 Å². The van der Waals surface area contributed by atoms with E-state index in [0.29, 0.717) is 11.3 Å². The quantitative estimate of drug-likeness (QED) is 0.628. The molecule has 0 spiro atoms. The van der Waals surface area contributed by atoms with Crippen LogP contribution in [-0.4, -0.2) is 24.8 Å². The number of benzene rings is 1. The maximum absolute atomic E-state index is 11.9. The van der Waals surface area contributed by atoms with E-state index in [1.54, 1.807) is 31.3 Å². The van der Waals surface area contributed by atoms with E-state index in [0.717, 1.165) is 0 Å². The van der Waals surface area contributed by atoms with Crippen LogP contribution in [0.15, 0.2) is 24.3 Å². The van der Waals surface area contributed by atoms with Crippen molar-refractivity contribution >= 4 is 23.4 Å². The second-order valence-corrected chi connectivity index (χ2v) is 3.73. The van der Waals surface area contributed by atoms with Crippen LogP contribution in [0.3, 0.4) is 0 Å². The third-order valence-corrected chi connectivity index (χ3v) is 2.69. The largest absolute Gasteiger partial charge is 0.361 e. The number of nitrogens with zero attached hydrogens (tertiary/aromatic N) is 1. The summed E-state index contributed by atoms with van der Waals surface area (Å²) in [4.78, 5) is 35.2. The average molecular weight is 233 g/mol. The molecule has 3 amide bonds. The third kappa shape index (κ3) is 1.73. The van der Waals surface area contributed by atoms with Crippen molar-refractivity contribution in [3.05, 3.63) is 29.8 Å². The van der Waals surface area contributed by atoms with E-state index in [1.165, 1.54) is 4.90 Å². The average Bonchev–Trinajstić information content (AvgIpc) is 2.55. The summed E-state index contributed by atoms with van der Waals surface area (Å²) in [6.07, 6.45) is 0.